The number of rotatable bonds is 15. The molecule has 2 nitrogen and oxygen atoms in total. The molecule has 0 atom stereocenters. The van der Waals surface area contributed by atoms with Gasteiger partial charge in [0.05, 0.1) is 27.7 Å². The van der Waals surface area contributed by atoms with E-state index in [4.69, 9.17) is 0 Å². The molecule has 0 N–H and O–H groups in total. The van der Waals surface area contributed by atoms with Gasteiger partial charge in [0.25, 0.3) is 0 Å². The molecule has 3 aromatic rings. The summed E-state index contributed by atoms with van der Waals surface area (Å²) in [6.45, 7) is 2.46. The van der Waals surface area contributed by atoms with Crippen molar-refractivity contribution in [1.82, 2.24) is 4.57 Å². The molecule has 0 saturated heterocycles. The number of para-hydroxylation sites is 2. The lowest BCUT2D eigenvalue weighted by molar-refractivity contribution is -0.870. The summed E-state index contributed by atoms with van der Waals surface area (Å²) < 4.78 is 3.64. The topological polar surface area (TPSA) is 4.93 Å². The molecule has 2 heteroatoms. The molecule has 0 bridgehead atoms. The fraction of sp³-hybridized carbons (Fsp3) is 0.586. The Morgan fingerprint density at radius 1 is 0.516 bits per heavy atom. The molecule has 31 heavy (non-hydrogen) atoms. The highest BCUT2D eigenvalue weighted by molar-refractivity contribution is 6.07. The molecule has 0 aliphatic carbocycles. The molecule has 0 spiro atoms. The van der Waals surface area contributed by atoms with Crippen molar-refractivity contribution >= 4 is 21.8 Å². The Bertz CT molecular complexity index is 847. The first-order valence-electron chi connectivity index (χ1n) is 12.8. The Balaban J connectivity index is 1.23. The van der Waals surface area contributed by atoms with Crippen LogP contribution in [-0.4, -0.2) is 36.7 Å². The van der Waals surface area contributed by atoms with Crippen LogP contribution in [-0.2, 0) is 6.54 Å². The molecule has 0 unspecified atom stereocenters. The summed E-state index contributed by atoms with van der Waals surface area (Å²) in [4.78, 5) is 0. The van der Waals surface area contributed by atoms with E-state index in [-0.39, 0.29) is 0 Å². The molecule has 3 rings (SSSR count). The lowest BCUT2D eigenvalue weighted by Gasteiger charge is -2.23. The minimum absolute atomic E-state index is 1.11. The Hall–Kier alpha value is -1.80. The van der Waals surface area contributed by atoms with Crippen LogP contribution in [0.4, 0.5) is 0 Å². The van der Waals surface area contributed by atoms with Gasteiger partial charge in [-0.2, -0.15) is 0 Å². The van der Waals surface area contributed by atoms with Crippen LogP contribution < -0.4 is 0 Å². The summed E-state index contributed by atoms with van der Waals surface area (Å²) >= 11 is 0. The van der Waals surface area contributed by atoms with Gasteiger partial charge in [0.1, 0.15) is 0 Å². The number of hydrogen-bond donors (Lipinski definition) is 0. The molecule has 0 saturated carbocycles. The maximum Gasteiger partial charge on any atom is 0.0780 e. The van der Waals surface area contributed by atoms with Gasteiger partial charge in [-0.15, -0.1) is 0 Å². The highest BCUT2D eigenvalue weighted by Gasteiger charge is 2.09. The highest BCUT2D eigenvalue weighted by Crippen LogP contribution is 2.29. The van der Waals surface area contributed by atoms with Crippen LogP contribution in [0, 0.1) is 0 Å². The van der Waals surface area contributed by atoms with Gasteiger partial charge in [0.2, 0.25) is 0 Å². The summed E-state index contributed by atoms with van der Waals surface area (Å²) in [5.74, 6) is 0. The number of hydrogen-bond acceptors (Lipinski definition) is 0. The molecule has 1 aromatic heterocycles. The standard InChI is InChI=1S/C29H45N2/c1-31(2,3)25-19-13-11-9-7-5-4-6-8-10-12-18-24-30-28-22-16-14-20-26(28)27-21-15-17-23-29(27)30/h14-17,20-23H,4-13,18-19,24-25H2,1-3H3/q+1. The molecule has 170 valence electrons. The molecular weight excluding hydrogens is 376 g/mol. The monoisotopic (exact) mass is 421 g/mol. The van der Waals surface area contributed by atoms with Gasteiger partial charge >= 0.3 is 0 Å². The molecule has 0 amide bonds. The molecule has 0 fully saturated rings. The van der Waals surface area contributed by atoms with E-state index in [1.807, 2.05) is 0 Å². The van der Waals surface area contributed by atoms with Crippen LogP contribution in [0.5, 0.6) is 0 Å². The minimum Gasteiger partial charge on any atom is -0.340 e. The van der Waals surface area contributed by atoms with Crippen molar-refractivity contribution in [2.75, 3.05) is 27.7 Å². The largest absolute Gasteiger partial charge is 0.340 e. The summed E-state index contributed by atoms with van der Waals surface area (Å²) in [5.41, 5.74) is 2.78. The Morgan fingerprint density at radius 2 is 0.903 bits per heavy atom. The lowest BCUT2D eigenvalue weighted by Crippen LogP contribution is -2.35. The smallest absolute Gasteiger partial charge is 0.0780 e. The first-order valence-corrected chi connectivity index (χ1v) is 12.8. The van der Waals surface area contributed by atoms with Gasteiger partial charge in [-0.1, -0.05) is 94.2 Å². The van der Waals surface area contributed by atoms with Gasteiger partial charge in [0, 0.05) is 28.4 Å². The fourth-order valence-corrected chi connectivity index (χ4v) is 4.87. The van der Waals surface area contributed by atoms with Gasteiger partial charge < -0.3 is 9.05 Å². The van der Waals surface area contributed by atoms with Crippen LogP contribution in [0.25, 0.3) is 21.8 Å². The fourth-order valence-electron chi connectivity index (χ4n) is 4.87. The van der Waals surface area contributed by atoms with Crippen molar-refractivity contribution in [1.29, 1.82) is 0 Å². The van der Waals surface area contributed by atoms with E-state index in [2.05, 4.69) is 74.2 Å². The Morgan fingerprint density at radius 3 is 1.35 bits per heavy atom. The van der Waals surface area contributed by atoms with Gasteiger partial charge in [0.15, 0.2) is 0 Å². The zero-order chi connectivity index (χ0) is 21.9. The number of quaternary nitrogens is 1. The van der Waals surface area contributed by atoms with E-state index < -0.39 is 0 Å². The number of fused-ring (bicyclic) bond motifs is 3. The van der Waals surface area contributed by atoms with Crippen molar-refractivity contribution in [3.63, 3.8) is 0 Å². The third kappa shape index (κ3) is 7.68. The van der Waals surface area contributed by atoms with Crippen molar-refractivity contribution in [2.45, 2.75) is 83.6 Å². The molecular formula is C29H45N2+. The van der Waals surface area contributed by atoms with Crippen molar-refractivity contribution in [2.24, 2.45) is 0 Å². The van der Waals surface area contributed by atoms with E-state index in [0.717, 1.165) is 11.0 Å². The van der Waals surface area contributed by atoms with Crippen LogP contribution in [0.3, 0.4) is 0 Å². The Kier molecular flexibility index (Phi) is 9.46. The van der Waals surface area contributed by atoms with Crippen LogP contribution in [0.15, 0.2) is 48.5 Å². The minimum atomic E-state index is 1.11. The molecule has 0 aliphatic heterocycles. The molecule has 1 heterocycles. The van der Waals surface area contributed by atoms with Crippen LogP contribution in [0.1, 0.15) is 77.0 Å². The first kappa shape index (κ1) is 23.9. The maximum atomic E-state index is 2.53. The average Bonchev–Trinajstić information content (AvgIpc) is 3.07. The Labute approximate surface area is 190 Å². The number of unbranched alkanes of at least 4 members (excludes halogenated alkanes) is 11. The number of aryl methyl sites for hydroxylation is 1. The molecule has 2 aromatic carbocycles. The van der Waals surface area contributed by atoms with E-state index in [1.165, 1.54) is 105 Å². The van der Waals surface area contributed by atoms with Gasteiger partial charge in [-0.3, -0.25) is 0 Å². The van der Waals surface area contributed by atoms with E-state index in [1.54, 1.807) is 0 Å². The van der Waals surface area contributed by atoms with Crippen molar-refractivity contribution in [3.8, 4) is 0 Å². The summed E-state index contributed by atoms with van der Waals surface area (Å²) in [5, 5.41) is 2.79. The zero-order valence-corrected chi connectivity index (χ0v) is 20.4. The SMILES string of the molecule is C[N+](C)(C)CCCCCCCCCCCCCCn1c2ccccc2c2ccccc21. The van der Waals surface area contributed by atoms with Crippen molar-refractivity contribution < 1.29 is 4.48 Å². The number of nitrogens with zero attached hydrogens (tertiary/aromatic N) is 2. The lowest BCUT2D eigenvalue weighted by atomic mass is 10.0. The summed E-state index contributed by atoms with van der Waals surface area (Å²) in [7, 11) is 6.89. The van der Waals surface area contributed by atoms with Gasteiger partial charge in [-0.25, -0.2) is 0 Å². The summed E-state index contributed by atoms with van der Waals surface area (Å²) in [6.07, 6.45) is 16.9. The third-order valence-electron chi connectivity index (χ3n) is 6.64. The quantitative estimate of drug-likeness (QED) is 0.172. The van der Waals surface area contributed by atoms with E-state index in [0.29, 0.717) is 0 Å². The predicted molar refractivity (Wildman–Crippen MR) is 138 cm³/mol. The predicted octanol–water partition coefficient (Wildman–Crippen LogP) is 8.18. The second-order valence-corrected chi connectivity index (χ2v) is 10.4. The first-order chi connectivity index (χ1) is 15.1. The highest BCUT2D eigenvalue weighted by atomic mass is 15.3. The van der Waals surface area contributed by atoms with Crippen LogP contribution >= 0.6 is 0 Å². The van der Waals surface area contributed by atoms with Crippen molar-refractivity contribution in [3.05, 3.63) is 48.5 Å². The molecule has 0 radical (unpaired) electrons. The summed E-state index contributed by atoms with van der Waals surface area (Å²) in [6, 6.07) is 17.7. The van der Waals surface area contributed by atoms with E-state index in [9.17, 15) is 0 Å². The van der Waals surface area contributed by atoms with Crippen LogP contribution in [0.2, 0.25) is 0 Å². The van der Waals surface area contributed by atoms with E-state index >= 15 is 0 Å². The average molecular weight is 422 g/mol. The molecule has 0 aliphatic rings. The third-order valence-corrected chi connectivity index (χ3v) is 6.64. The zero-order valence-electron chi connectivity index (χ0n) is 20.4. The second kappa shape index (κ2) is 12.3. The normalized spacial score (nSPS) is 12.2. The number of benzene rings is 2. The number of aromatic nitrogens is 1. The second-order valence-electron chi connectivity index (χ2n) is 10.4. The van der Waals surface area contributed by atoms with Gasteiger partial charge in [-0.05, 0) is 31.4 Å². The maximum absolute atomic E-state index is 2.53.